The topological polar surface area (TPSA) is 62.1 Å². The Hall–Kier alpha value is -1.54. The van der Waals surface area contributed by atoms with Gasteiger partial charge in [0.05, 0.1) is 16.1 Å². The molecule has 2 rings (SSSR count). The average molecular weight is 325 g/mol. The summed E-state index contributed by atoms with van der Waals surface area (Å²) in [7, 11) is 0. The molecule has 21 heavy (non-hydrogen) atoms. The van der Waals surface area contributed by atoms with Crippen molar-refractivity contribution in [3.05, 3.63) is 39.4 Å². The van der Waals surface area contributed by atoms with Gasteiger partial charge in [-0.25, -0.2) is 0 Å². The minimum absolute atomic E-state index is 0.0198. The summed E-state index contributed by atoms with van der Waals surface area (Å²) in [4.78, 5) is 12.0. The SMILES string of the molecule is N#C/C(=C\c1ccc(Cl)c(Cl)c1)C(=O)NC[C@H]1CCCO1. The molecule has 0 radical (unpaired) electrons. The smallest absolute Gasteiger partial charge is 0.262 e. The Labute approximate surface area is 133 Å². The summed E-state index contributed by atoms with van der Waals surface area (Å²) in [5, 5.41) is 12.6. The third kappa shape index (κ3) is 4.47. The summed E-state index contributed by atoms with van der Waals surface area (Å²) in [6, 6.07) is 6.81. The molecule has 4 nitrogen and oxygen atoms in total. The first-order chi connectivity index (χ1) is 10.1. The number of carbonyl (C=O) groups is 1. The summed E-state index contributed by atoms with van der Waals surface area (Å²) >= 11 is 11.7. The van der Waals surface area contributed by atoms with E-state index in [0.29, 0.717) is 22.2 Å². The number of carbonyl (C=O) groups excluding carboxylic acids is 1. The molecule has 1 amide bonds. The molecule has 6 heteroatoms. The number of hydrogen-bond acceptors (Lipinski definition) is 3. The number of halogens is 2. The van der Waals surface area contributed by atoms with Crippen molar-refractivity contribution in [3.63, 3.8) is 0 Å². The lowest BCUT2D eigenvalue weighted by molar-refractivity contribution is -0.117. The Morgan fingerprint density at radius 1 is 1.48 bits per heavy atom. The molecular weight excluding hydrogens is 311 g/mol. The number of benzene rings is 1. The second-order valence-electron chi connectivity index (χ2n) is 4.69. The van der Waals surface area contributed by atoms with E-state index in [1.54, 1.807) is 18.2 Å². The summed E-state index contributed by atoms with van der Waals surface area (Å²) in [6.07, 6.45) is 3.45. The van der Waals surface area contributed by atoms with E-state index in [-0.39, 0.29) is 11.7 Å². The molecule has 0 bridgehead atoms. The van der Waals surface area contributed by atoms with Gasteiger partial charge in [-0.15, -0.1) is 0 Å². The van der Waals surface area contributed by atoms with Crippen LogP contribution in [-0.4, -0.2) is 25.2 Å². The second-order valence-corrected chi connectivity index (χ2v) is 5.50. The zero-order chi connectivity index (χ0) is 15.2. The Kier molecular flexibility index (Phi) is 5.63. The van der Waals surface area contributed by atoms with Gasteiger partial charge in [-0.05, 0) is 36.6 Å². The van der Waals surface area contributed by atoms with Gasteiger partial charge in [0.2, 0.25) is 0 Å². The van der Waals surface area contributed by atoms with Crippen LogP contribution >= 0.6 is 23.2 Å². The first kappa shape index (κ1) is 15.8. The van der Waals surface area contributed by atoms with Crippen LogP contribution in [0, 0.1) is 11.3 Å². The van der Waals surface area contributed by atoms with Crippen molar-refractivity contribution in [1.29, 1.82) is 5.26 Å². The molecule has 0 unspecified atom stereocenters. The van der Waals surface area contributed by atoms with Crippen molar-refractivity contribution >= 4 is 35.2 Å². The van der Waals surface area contributed by atoms with Crippen molar-refractivity contribution in [2.45, 2.75) is 18.9 Å². The van der Waals surface area contributed by atoms with E-state index in [1.165, 1.54) is 6.08 Å². The average Bonchev–Trinajstić information content (AvgIpc) is 2.99. The normalized spacial score (nSPS) is 18.3. The van der Waals surface area contributed by atoms with Gasteiger partial charge in [0.1, 0.15) is 11.6 Å². The van der Waals surface area contributed by atoms with Crippen LogP contribution in [0.3, 0.4) is 0 Å². The number of ether oxygens (including phenoxy) is 1. The molecule has 0 aromatic heterocycles. The van der Waals surface area contributed by atoms with Gasteiger partial charge in [-0.1, -0.05) is 29.3 Å². The molecule has 1 saturated heterocycles. The third-order valence-corrected chi connectivity index (χ3v) is 3.87. The second kappa shape index (κ2) is 7.46. The first-order valence-corrected chi connectivity index (χ1v) is 7.32. The predicted octanol–water partition coefficient (Wildman–Crippen LogP) is 3.20. The molecule has 1 aromatic carbocycles. The van der Waals surface area contributed by atoms with Crippen LogP contribution in [0.15, 0.2) is 23.8 Å². The zero-order valence-corrected chi connectivity index (χ0v) is 12.7. The molecule has 0 aliphatic carbocycles. The summed E-state index contributed by atoms with van der Waals surface area (Å²) in [6.45, 7) is 1.14. The Morgan fingerprint density at radius 2 is 2.29 bits per heavy atom. The van der Waals surface area contributed by atoms with E-state index in [4.69, 9.17) is 33.2 Å². The van der Waals surface area contributed by atoms with E-state index in [1.807, 2.05) is 6.07 Å². The Bertz CT molecular complexity index is 602. The van der Waals surface area contributed by atoms with Crippen molar-refractivity contribution in [2.24, 2.45) is 0 Å². The Balaban J connectivity index is 2.03. The predicted molar refractivity (Wildman–Crippen MR) is 82.0 cm³/mol. The highest BCUT2D eigenvalue weighted by molar-refractivity contribution is 6.42. The van der Waals surface area contributed by atoms with Crippen LogP contribution < -0.4 is 5.32 Å². The molecule has 1 fully saturated rings. The molecule has 1 aromatic rings. The van der Waals surface area contributed by atoms with E-state index in [2.05, 4.69) is 5.32 Å². The lowest BCUT2D eigenvalue weighted by Gasteiger charge is -2.10. The standard InChI is InChI=1S/C15H14Cl2N2O2/c16-13-4-3-10(7-14(13)17)6-11(8-18)15(20)19-9-12-2-1-5-21-12/h3-4,6-7,12H,1-2,5,9H2,(H,19,20)/b11-6+/t12-/m1/s1. The number of nitrogens with zero attached hydrogens (tertiary/aromatic N) is 1. The van der Waals surface area contributed by atoms with Gasteiger partial charge in [-0.2, -0.15) is 5.26 Å². The van der Waals surface area contributed by atoms with Gasteiger partial charge in [0.15, 0.2) is 0 Å². The minimum atomic E-state index is -0.418. The molecule has 0 saturated carbocycles. The van der Waals surface area contributed by atoms with Crippen LogP contribution in [0.25, 0.3) is 6.08 Å². The van der Waals surface area contributed by atoms with Crippen molar-refractivity contribution < 1.29 is 9.53 Å². The fourth-order valence-electron chi connectivity index (χ4n) is 2.02. The summed E-state index contributed by atoms with van der Waals surface area (Å²) < 4.78 is 5.41. The van der Waals surface area contributed by atoms with E-state index >= 15 is 0 Å². The van der Waals surface area contributed by atoms with Crippen molar-refractivity contribution in [3.8, 4) is 6.07 Å². The van der Waals surface area contributed by atoms with Crippen molar-refractivity contribution in [1.82, 2.24) is 5.32 Å². The first-order valence-electron chi connectivity index (χ1n) is 6.57. The lowest BCUT2D eigenvalue weighted by atomic mass is 10.1. The van der Waals surface area contributed by atoms with Gasteiger partial charge < -0.3 is 10.1 Å². The number of nitrogens with one attached hydrogen (secondary N) is 1. The highest BCUT2D eigenvalue weighted by Gasteiger charge is 2.17. The van der Waals surface area contributed by atoms with E-state index in [0.717, 1.165) is 19.4 Å². The highest BCUT2D eigenvalue weighted by Crippen LogP contribution is 2.23. The van der Waals surface area contributed by atoms with Crippen LogP contribution in [0.1, 0.15) is 18.4 Å². The quantitative estimate of drug-likeness (QED) is 0.683. The van der Waals surface area contributed by atoms with Crippen LogP contribution in [0.5, 0.6) is 0 Å². The number of nitriles is 1. The number of hydrogen-bond donors (Lipinski definition) is 1. The van der Waals surface area contributed by atoms with Gasteiger partial charge in [0, 0.05) is 13.2 Å². The monoisotopic (exact) mass is 324 g/mol. The maximum Gasteiger partial charge on any atom is 0.262 e. The largest absolute Gasteiger partial charge is 0.376 e. The van der Waals surface area contributed by atoms with Gasteiger partial charge in [-0.3, -0.25) is 4.79 Å². The minimum Gasteiger partial charge on any atom is -0.376 e. The molecule has 1 N–H and O–H groups in total. The molecule has 1 aliphatic heterocycles. The maximum absolute atomic E-state index is 12.0. The molecule has 1 atom stereocenters. The summed E-state index contributed by atoms with van der Waals surface area (Å²) in [5.41, 5.74) is 0.666. The maximum atomic E-state index is 12.0. The fraction of sp³-hybridized carbons (Fsp3) is 0.333. The number of rotatable bonds is 4. The fourth-order valence-corrected chi connectivity index (χ4v) is 2.33. The molecule has 1 aliphatic rings. The number of amides is 1. The van der Waals surface area contributed by atoms with Crippen LogP contribution in [-0.2, 0) is 9.53 Å². The van der Waals surface area contributed by atoms with E-state index in [9.17, 15) is 4.79 Å². The van der Waals surface area contributed by atoms with Crippen LogP contribution in [0.4, 0.5) is 0 Å². The Morgan fingerprint density at radius 3 is 2.90 bits per heavy atom. The third-order valence-electron chi connectivity index (χ3n) is 3.13. The molecule has 1 heterocycles. The zero-order valence-electron chi connectivity index (χ0n) is 11.2. The molecule has 0 spiro atoms. The van der Waals surface area contributed by atoms with Crippen molar-refractivity contribution in [2.75, 3.05) is 13.2 Å². The van der Waals surface area contributed by atoms with Gasteiger partial charge >= 0.3 is 0 Å². The highest BCUT2D eigenvalue weighted by atomic mass is 35.5. The summed E-state index contributed by atoms with van der Waals surface area (Å²) in [5.74, 6) is -0.418. The molecule has 110 valence electrons. The van der Waals surface area contributed by atoms with E-state index < -0.39 is 5.91 Å². The molecular formula is C15H14Cl2N2O2. The lowest BCUT2D eigenvalue weighted by Crippen LogP contribution is -2.32. The van der Waals surface area contributed by atoms with Gasteiger partial charge in [0.25, 0.3) is 5.91 Å². The van der Waals surface area contributed by atoms with Crippen LogP contribution in [0.2, 0.25) is 10.0 Å².